The molecule has 0 aromatic carbocycles. The SMILES string of the molecule is CCCCC1=NC2(CCCC2)C(O)N1. The second-order valence-corrected chi connectivity index (χ2v) is 4.52. The number of hydrogen-bond acceptors (Lipinski definition) is 3. The molecule has 2 rings (SSSR count). The van der Waals surface area contributed by atoms with Crippen molar-refractivity contribution >= 4 is 5.84 Å². The Morgan fingerprint density at radius 1 is 1.50 bits per heavy atom. The van der Waals surface area contributed by atoms with Gasteiger partial charge in [0.1, 0.15) is 5.54 Å². The highest BCUT2D eigenvalue weighted by Crippen LogP contribution is 2.38. The summed E-state index contributed by atoms with van der Waals surface area (Å²) in [4.78, 5) is 4.69. The Bertz CT molecular complexity index is 231. The minimum Gasteiger partial charge on any atom is -0.371 e. The van der Waals surface area contributed by atoms with Crippen LogP contribution < -0.4 is 5.32 Å². The maximum Gasteiger partial charge on any atom is 0.150 e. The quantitative estimate of drug-likeness (QED) is 0.723. The van der Waals surface area contributed by atoms with Crippen LogP contribution in [-0.2, 0) is 0 Å². The Morgan fingerprint density at radius 2 is 2.21 bits per heavy atom. The summed E-state index contributed by atoms with van der Waals surface area (Å²) < 4.78 is 0. The van der Waals surface area contributed by atoms with E-state index in [2.05, 4.69) is 12.2 Å². The van der Waals surface area contributed by atoms with E-state index in [0.717, 1.165) is 31.5 Å². The van der Waals surface area contributed by atoms with Crippen molar-refractivity contribution < 1.29 is 5.11 Å². The van der Waals surface area contributed by atoms with Gasteiger partial charge >= 0.3 is 0 Å². The lowest BCUT2D eigenvalue weighted by Gasteiger charge is -2.23. The van der Waals surface area contributed by atoms with E-state index in [1.807, 2.05) is 0 Å². The fraction of sp³-hybridized carbons (Fsp3) is 0.909. The molecule has 1 spiro atoms. The number of hydrogen-bond donors (Lipinski definition) is 2. The highest BCUT2D eigenvalue weighted by Gasteiger charge is 2.44. The molecule has 0 saturated heterocycles. The minimum atomic E-state index is -0.420. The third kappa shape index (κ3) is 1.65. The second-order valence-electron chi connectivity index (χ2n) is 4.52. The third-order valence-electron chi connectivity index (χ3n) is 3.41. The van der Waals surface area contributed by atoms with Crippen LogP contribution in [0.5, 0.6) is 0 Å². The van der Waals surface area contributed by atoms with Crippen LogP contribution in [0.4, 0.5) is 0 Å². The summed E-state index contributed by atoms with van der Waals surface area (Å²) in [5.74, 6) is 1.03. The number of aliphatic hydroxyl groups is 1. The summed E-state index contributed by atoms with van der Waals surface area (Å²) in [5.41, 5.74) is -0.150. The number of unbranched alkanes of at least 4 members (excludes halogenated alkanes) is 1. The lowest BCUT2D eigenvalue weighted by molar-refractivity contribution is 0.0895. The molecule has 1 atom stereocenters. The van der Waals surface area contributed by atoms with E-state index in [9.17, 15) is 5.11 Å². The maximum absolute atomic E-state index is 9.92. The average Bonchev–Trinajstić information content (AvgIpc) is 2.74. The first-order chi connectivity index (χ1) is 6.77. The summed E-state index contributed by atoms with van der Waals surface area (Å²) in [6.45, 7) is 2.18. The van der Waals surface area contributed by atoms with Crippen molar-refractivity contribution in [2.45, 2.75) is 63.6 Å². The Kier molecular flexibility index (Phi) is 2.77. The van der Waals surface area contributed by atoms with Crippen LogP contribution in [0.25, 0.3) is 0 Å². The van der Waals surface area contributed by atoms with Gasteiger partial charge in [0.2, 0.25) is 0 Å². The van der Waals surface area contributed by atoms with Crippen LogP contribution in [0.2, 0.25) is 0 Å². The van der Waals surface area contributed by atoms with Gasteiger partial charge in [0.15, 0.2) is 6.23 Å². The molecule has 0 aromatic heterocycles. The van der Waals surface area contributed by atoms with Crippen molar-refractivity contribution in [3.63, 3.8) is 0 Å². The summed E-state index contributed by atoms with van der Waals surface area (Å²) in [6.07, 6.45) is 7.45. The summed E-state index contributed by atoms with van der Waals surface area (Å²) in [5, 5.41) is 13.1. The van der Waals surface area contributed by atoms with Gasteiger partial charge in [-0.25, -0.2) is 0 Å². The Hall–Kier alpha value is -0.570. The van der Waals surface area contributed by atoms with Crippen molar-refractivity contribution in [3.05, 3.63) is 0 Å². The predicted octanol–water partition coefficient (Wildman–Crippen LogP) is 1.81. The van der Waals surface area contributed by atoms with E-state index in [-0.39, 0.29) is 5.54 Å². The number of nitrogens with zero attached hydrogens (tertiary/aromatic N) is 1. The smallest absolute Gasteiger partial charge is 0.150 e. The normalized spacial score (nSPS) is 29.3. The van der Waals surface area contributed by atoms with Crippen molar-refractivity contribution in [2.24, 2.45) is 4.99 Å². The molecule has 2 aliphatic rings. The lowest BCUT2D eigenvalue weighted by atomic mass is 9.98. The van der Waals surface area contributed by atoms with E-state index < -0.39 is 6.23 Å². The first-order valence-corrected chi connectivity index (χ1v) is 5.80. The van der Waals surface area contributed by atoms with Gasteiger partial charge in [-0.05, 0) is 19.3 Å². The molecule has 0 radical (unpaired) electrons. The lowest BCUT2D eigenvalue weighted by Crippen LogP contribution is -2.42. The van der Waals surface area contributed by atoms with E-state index in [1.165, 1.54) is 19.3 Å². The van der Waals surface area contributed by atoms with Crippen LogP contribution in [0, 0.1) is 0 Å². The molecular weight excluding hydrogens is 176 g/mol. The molecule has 0 amide bonds. The Morgan fingerprint density at radius 3 is 2.86 bits per heavy atom. The third-order valence-corrected chi connectivity index (χ3v) is 3.41. The molecule has 2 N–H and O–H groups in total. The topological polar surface area (TPSA) is 44.6 Å². The fourth-order valence-corrected chi connectivity index (χ4v) is 2.50. The number of nitrogens with one attached hydrogen (secondary N) is 1. The molecule has 0 bridgehead atoms. The standard InChI is InChI=1S/C11H20N2O/c1-2-3-6-9-12-10(14)11(13-9)7-4-5-8-11/h10,14H,2-8H2,1H3,(H,12,13). The number of amidine groups is 1. The van der Waals surface area contributed by atoms with Crippen molar-refractivity contribution in [1.29, 1.82) is 0 Å². The van der Waals surface area contributed by atoms with Crippen LogP contribution >= 0.6 is 0 Å². The van der Waals surface area contributed by atoms with E-state index in [4.69, 9.17) is 4.99 Å². The van der Waals surface area contributed by atoms with Gasteiger partial charge in [-0.2, -0.15) is 0 Å². The van der Waals surface area contributed by atoms with Gasteiger partial charge in [-0.1, -0.05) is 26.2 Å². The van der Waals surface area contributed by atoms with Gasteiger partial charge in [0.25, 0.3) is 0 Å². The summed E-state index contributed by atoms with van der Waals surface area (Å²) >= 11 is 0. The van der Waals surface area contributed by atoms with E-state index in [1.54, 1.807) is 0 Å². The Labute approximate surface area is 85.6 Å². The number of aliphatic imine (C=N–C) groups is 1. The van der Waals surface area contributed by atoms with Gasteiger partial charge in [-0.3, -0.25) is 4.99 Å². The molecule has 1 aliphatic carbocycles. The average molecular weight is 196 g/mol. The molecule has 1 unspecified atom stereocenters. The number of rotatable bonds is 3. The molecule has 80 valence electrons. The monoisotopic (exact) mass is 196 g/mol. The van der Waals surface area contributed by atoms with Crippen molar-refractivity contribution in [2.75, 3.05) is 0 Å². The van der Waals surface area contributed by atoms with Crippen LogP contribution in [0.15, 0.2) is 4.99 Å². The zero-order valence-corrected chi connectivity index (χ0v) is 8.92. The van der Waals surface area contributed by atoms with Crippen molar-refractivity contribution in [1.82, 2.24) is 5.32 Å². The van der Waals surface area contributed by atoms with Crippen LogP contribution in [0.1, 0.15) is 51.9 Å². The fourth-order valence-electron chi connectivity index (χ4n) is 2.50. The highest BCUT2D eigenvalue weighted by molar-refractivity contribution is 5.84. The predicted molar refractivity (Wildman–Crippen MR) is 57.3 cm³/mol. The van der Waals surface area contributed by atoms with E-state index >= 15 is 0 Å². The van der Waals surface area contributed by atoms with Gasteiger partial charge in [0, 0.05) is 6.42 Å². The van der Waals surface area contributed by atoms with Crippen LogP contribution in [-0.4, -0.2) is 22.7 Å². The molecule has 0 aromatic rings. The Balaban J connectivity index is 2.01. The van der Waals surface area contributed by atoms with Crippen LogP contribution in [0.3, 0.4) is 0 Å². The summed E-state index contributed by atoms with van der Waals surface area (Å²) in [6, 6.07) is 0. The molecule has 1 heterocycles. The molecule has 1 fully saturated rings. The molecular formula is C11H20N2O. The van der Waals surface area contributed by atoms with Gasteiger partial charge in [-0.15, -0.1) is 0 Å². The second kappa shape index (κ2) is 3.89. The van der Waals surface area contributed by atoms with E-state index in [0.29, 0.717) is 0 Å². The highest BCUT2D eigenvalue weighted by atomic mass is 16.3. The first-order valence-electron chi connectivity index (χ1n) is 5.80. The zero-order valence-electron chi connectivity index (χ0n) is 8.92. The molecule has 3 nitrogen and oxygen atoms in total. The first kappa shape index (κ1) is 9.97. The zero-order chi connectivity index (χ0) is 10.0. The minimum absolute atomic E-state index is 0.150. The molecule has 14 heavy (non-hydrogen) atoms. The molecule has 3 heteroatoms. The number of aliphatic hydroxyl groups excluding tert-OH is 1. The largest absolute Gasteiger partial charge is 0.371 e. The maximum atomic E-state index is 9.92. The molecule has 1 aliphatic heterocycles. The molecule has 1 saturated carbocycles. The van der Waals surface area contributed by atoms with Gasteiger partial charge < -0.3 is 10.4 Å². The summed E-state index contributed by atoms with van der Waals surface area (Å²) in [7, 11) is 0. The van der Waals surface area contributed by atoms with Gasteiger partial charge in [0.05, 0.1) is 5.84 Å². The van der Waals surface area contributed by atoms with Crippen molar-refractivity contribution in [3.8, 4) is 0 Å².